The van der Waals surface area contributed by atoms with Gasteiger partial charge < -0.3 is 4.74 Å². The molecule has 0 atom stereocenters. The molecule has 3 heteroatoms. The van der Waals surface area contributed by atoms with Crippen molar-refractivity contribution in [3.05, 3.63) is 35.9 Å². The Kier molecular flexibility index (Phi) is 7.76. The van der Waals surface area contributed by atoms with Gasteiger partial charge in [-0.25, -0.2) is 0 Å². The molecule has 0 bridgehead atoms. The summed E-state index contributed by atoms with van der Waals surface area (Å²) in [6.45, 7) is 0.829. The number of hydrogen-bond acceptors (Lipinski definition) is 3. The minimum atomic E-state index is 0.253. The molecule has 17 heavy (non-hydrogen) atoms. The van der Waals surface area contributed by atoms with E-state index in [1.165, 1.54) is 0 Å². The summed E-state index contributed by atoms with van der Waals surface area (Å²) >= 11 is 1.90. The van der Waals surface area contributed by atoms with Crippen LogP contribution in [0.15, 0.2) is 30.3 Å². The number of hydrogen-bond donors (Lipinski definition) is 0. The molecular weight excluding hydrogens is 232 g/mol. The summed E-state index contributed by atoms with van der Waals surface area (Å²) in [5.41, 5.74) is 0.830. The number of methoxy groups -OCH3 is 1. The number of Topliss-reactive ketones (excluding diaryl/α,β-unsaturated/α-hetero) is 1. The van der Waals surface area contributed by atoms with Crippen LogP contribution < -0.4 is 0 Å². The SMILES string of the molecule is COCCCSCCCC(=O)c1ccccc1. The first-order valence-corrected chi connectivity index (χ1v) is 7.15. The molecular formula is C14H20O2S. The average molecular weight is 252 g/mol. The number of benzene rings is 1. The van der Waals surface area contributed by atoms with Crippen molar-refractivity contribution in [1.82, 2.24) is 0 Å². The van der Waals surface area contributed by atoms with E-state index in [-0.39, 0.29) is 5.78 Å². The number of carbonyl (C=O) groups excluding carboxylic acids is 1. The maximum atomic E-state index is 11.8. The van der Waals surface area contributed by atoms with Gasteiger partial charge in [-0.15, -0.1) is 0 Å². The smallest absolute Gasteiger partial charge is 0.162 e. The molecule has 0 unspecified atom stereocenters. The van der Waals surface area contributed by atoms with Gasteiger partial charge in [-0.3, -0.25) is 4.79 Å². The summed E-state index contributed by atoms with van der Waals surface area (Å²) in [7, 11) is 1.73. The quantitative estimate of drug-likeness (QED) is 0.497. The second-order valence-corrected chi connectivity index (χ2v) is 5.08. The Balaban J connectivity index is 2.05. The second-order valence-electron chi connectivity index (χ2n) is 3.85. The molecule has 0 saturated carbocycles. The molecule has 0 saturated heterocycles. The van der Waals surface area contributed by atoms with Gasteiger partial charge in [0, 0.05) is 25.7 Å². The van der Waals surface area contributed by atoms with Crippen molar-refractivity contribution in [2.45, 2.75) is 19.3 Å². The Labute approximate surface area is 108 Å². The molecule has 2 nitrogen and oxygen atoms in total. The maximum Gasteiger partial charge on any atom is 0.162 e. The van der Waals surface area contributed by atoms with Crippen LogP contribution >= 0.6 is 11.8 Å². The largest absolute Gasteiger partial charge is 0.385 e. The average Bonchev–Trinajstić information content (AvgIpc) is 2.38. The van der Waals surface area contributed by atoms with Crippen molar-refractivity contribution in [1.29, 1.82) is 0 Å². The fraction of sp³-hybridized carbons (Fsp3) is 0.500. The third kappa shape index (κ3) is 6.49. The molecule has 0 radical (unpaired) electrons. The normalized spacial score (nSPS) is 10.4. The fourth-order valence-electron chi connectivity index (χ4n) is 1.51. The van der Waals surface area contributed by atoms with Crippen molar-refractivity contribution in [2.24, 2.45) is 0 Å². The van der Waals surface area contributed by atoms with Crippen molar-refractivity contribution in [3.8, 4) is 0 Å². The Morgan fingerprint density at radius 1 is 1.18 bits per heavy atom. The van der Waals surface area contributed by atoms with E-state index in [2.05, 4.69) is 0 Å². The zero-order valence-electron chi connectivity index (χ0n) is 10.4. The molecule has 0 aliphatic rings. The van der Waals surface area contributed by atoms with E-state index in [0.29, 0.717) is 6.42 Å². The van der Waals surface area contributed by atoms with E-state index in [0.717, 1.165) is 36.5 Å². The lowest BCUT2D eigenvalue weighted by atomic mass is 10.1. The van der Waals surface area contributed by atoms with Gasteiger partial charge in [-0.05, 0) is 24.3 Å². The molecule has 0 aliphatic heterocycles. The van der Waals surface area contributed by atoms with Gasteiger partial charge >= 0.3 is 0 Å². The summed E-state index contributed by atoms with van der Waals surface area (Å²) in [5, 5.41) is 0. The Morgan fingerprint density at radius 2 is 1.88 bits per heavy atom. The standard InChI is InChI=1S/C14H20O2S/c1-16-10-6-12-17-11-5-9-14(15)13-7-3-2-4-8-13/h2-4,7-8H,5-6,9-12H2,1H3. The highest BCUT2D eigenvalue weighted by atomic mass is 32.2. The molecule has 0 spiro atoms. The van der Waals surface area contributed by atoms with E-state index in [1.807, 2.05) is 42.1 Å². The van der Waals surface area contributed by atoms with Gasteiger partial charge in [-0.2, -0.15) is 11.8 Å². The monoisotopic (exact) mass is 252 g/mol. The maximum absolute atomic E-state index is 11.8. The molecule has 1 aromatic rings. The molecule has 94 valence electrons. The molecule has 0 aliphatic carbocycles. The lowest BCUT2D eigenvalue weighted by Crippen LogP contribution is -1.99. The summed E-state index contributed by atoms with van der Waals surface area (Å²) in [5.74, 6) is 2.43. The van der Waals surface area contributed by atoms with Crippen LogP contribution in [0.5, 0.6) is 0 Å². The Hall–Kier alpha value is -0.800. The van der Waals surface area contributed by atoms with Gasteiger partial charge in [0.2, 0.25) is 0 Å². The summed E-state index contributed by atoms with van der Waals surface area (Å²) in [6, 6.07) is 9.52. The Morgan fingerprint density at radius 3 is 2.59 bits per heavy atom. The van der Waals surface area contributed by atoms with Gasteiger partial charge in [0.15, 0.2) is 5.78 Å². The lowest BCUT2D eigenvalue weighted by Gasteiger charge is -2.02. The summed E-state index contributed by atoms with van der Waals surface area (Å²) in [6.07, 6.45) is 2.71. The van der Waals surface area contributed by atoms with Crippen molar-refractivity contribution >= 4 is 17.5 Å². The van der Waals surface area contributed by atoms with Crippen LogP contribution in [0.3, 0.4) is 0 Å². The van der Waals surface area contributed by atoms with E-state index in [4.69, 9.17) is 4.74 Å². The van der Waals surface area contributed by atoms with E-state index in [9.17, 15) is 4.79 Å². The van der Waals surface area contributed by atoms with Crippen LogP contribution in [0.1, 0.15) is 29.6 Å². The lowest BCUT2D eigenvalue weighted by molar-refractivity contribution is 0.0982. The molecule has 0 N–H and O–H groups in total. The molecule has 0 amide bonds. The van der Waals surface area contributed by atoms with E-state index >= 15 is 0 Å². The Bertz CT molecular complexity index is 311. The van der Waals surface area contributed by atoms with Crippen molar-refractivity contribution in [2.75, 3.05) is 25.2 Å². The highest BCUT2D eigenvalue weighted by Crippen LogP contribution is 2.10. The highest BCUT2D eigenvalue weighted by Gasteiger charge is 2.03. The minimum absolute atomic E-state index is 0.253. The van der Waals surface area contributed by atoms with E-state index in [1.54, 1.807) is 7.11 Å². The summed E-state index contributed by atoms with van der Waals surface area (Å²) in [4.78, 5) is 11.8. The first-order valence-electron chi connectivity index (χ1n) is 5.99. The van der Waals surface area contributed by atoms with Crippen LogP contribution in [-0.2, 0) is 4.74 Å². The molecule has 0 fully saturated rings. The number of rotatable bonds is 9. The van der Waals surface area contributed by atoms with Gasteiger partial charge in [-0.1, -0.05) is 30.3 Å². The van der Waals surface area contributed by atoms with Crippen LogP contribution in [0.25, 0.3) is 0 Å². The number of thioether (sulfide) groups is 1. The topological polar surface area (TPSA) is 26.3 Å². The fourth-order valence-corrected chi connectivity index (χ4v) is 2.39. The van der Waals surface area contributed by atoms with Crippen LogP contribution in [0, 0.1) is 0 Å². The molecule has 1 aromatic carbocycles. The minimum Gasteiger partial charge on any atom is -0.385 e. The van der Waals surface area contributed by atoms with Crippen LogP contribution in [0.4, 0.5) is 0 Å². The van der Waals surface area contributed by atoms with E-state index < -0.39 is 0 Å². The van der Waals surface area contributed by atoms with Crippen LogP contribution in [-0.4, -0.2) is 31.0 Å². The zero-order chi connectivity index (χ0) is 12.3. The van der Waals surface area contributed by atoms with Gasteiger partial charge in [0.25, 0.3) is 0 Å². The molecule has 0 heterocycles. The predicted octanol–water partition coefficient (Wildman–Crippen LogP) is 3.42. The first-order chi connectivity index (χ1) is 8.34. The number of carbonyl (C=O) groups is 1. The summed E-state index contributed by atoms with van der Waals surface area (Å²) < 4.78 is 4.98. The number of ketones is 1. The van der Waals surface area contributed by atoms with Gasteiger partial charge in [0.1, 0.15) is 0 Å². The number of ether oxygens (including phenoxy) is 1. The zero-order valence-corrected chi connectivity index (χ0v) is 11.2. The molecule has 0 aromatic heterocycles. The van der Waals surface area contributed by atoms with Crippen molar-refractivity contribution < 1.29 is 9.53 Å². The van der Waals surface area contributed by atoms with Crippen LogP contribution in [0.2, 0.25) is 0 Å². The third-order valence-corrected chi connectivity index (χ3v) is 3.58. The molecule has 1 rings (SSSR count). The first kappa shape index (κ1) is 14.3. The second kappa shape index (κ2) is 9.25. The highest BCUT2D eigenvalue weighted by molar-refractivity contribution is 7.99. The van der Waals surface area contributed by atoms with Gasteiger partial charge in [0.05, 0.1) is 0 Å². The predicted molar refractivity (Wildman–Crippen MR) is 73.8 cm³/mol. The third-order valence-electron chi connectivity index (χ3n) is 2.43. The van der Waals surface area contributed by atoms with Crippen molar-refractivity contribution in [3.63, 3.8) is 0 Å².